The molecule has 236 valence electrons. The number of benzene rings is 4. The zero-order valence-electron chi connectivity index (χ0n) is 25.0. The predicted octanol–water partition coefficient (Wildman–Crippen LogP) is 5.35. The summed E-state index contributed by atoms with van der Waals surface area (Å²) in [5.41, 5.74) is 1.67. The van der Waals surface area contributed by atoms with E-state index in [1.807, 2.05) is 6.07 Å². The predicted molar refractivity (Wildman–Crippen MR) is 179 cm³/mol. The van der Waals surface area contributed by atoms with Crippen LogP contribution < -0.4 is 21.0 Å². The maximum Gasteiger partial charge on any atom is 0.272 e. The van der Waals surface area contributed by atoms with Gasteiger partial charge < -0.3 is 16.0 Å². The highest BCUT2D eigenvalue weighted by Gasteiger charge is 2.27. The fourth-order valence-corrected chi connectivity index (χ4v) is 5.26. The van der Waals surface area contributed by atoms with E-state index in [0.29, 0.717) is 22.5 Å². The van der Waals surface area contributed by atoms with E-state index >= 15 is 0 Å². The van der Waals surface area contributed by atoms with Gasteiger partial charge in [-0.1, -0.05) is 36.4 Å². The van der Waals surface area contributed by atoms with E-state index in [2.05, 4.69) is 21.1 Å². The molecule has 3 N–H and O–H groups in total. The molecular formula is C34H28N6O6S. The van der Waals surface area contributed by atoms with Crippen molar-refractivity contribution in [1.29, 1.82) is 0 Å². The Kier molecular flexibility index (Phi) is 10.2. The summed E-state index contributed by atoms with van der Waals surface area (Å²) in [4.78, 5) is 62.7. The van der Waals surface area contributed by atoms with Gasteiger partial charge in [0.15, 0.2) is 0 Å². The Morgan fingerprint density at radius 1 is 0.894 bits per heavy atom. The quantitative estimate of drug-likeness (QED) is 0.0903. The molecule has 1 atom stereocenters. The molecule has 0 aliphatic carbocycles. The van der Waals surface area contributed by atoms with Gasteiger partial charge in [-0.25, -0.2) is 0 Å². The molecule has 0 spiro atoms. The average molecular weight is 649 g/mol. The molecule has 1 aliphatic heterocycles. The molecule has 0 aromatic heterocycles. The zero-order chi connectivity index (χ0) is 33.3. The van der Waals surface area contributed by atoms with E-state index in [-0.39, 0.29) is 35.5 Å². The van der Waals surface area contributed by atoms with Crippen LogP contribution in [0, 0.1) is 10.1 Å². The number of hydrazone groups is 1. The molecule has 4 amide bonds. The van der Waals surface area contributed by atoms with Gasteiger partial charge in [-0.15, -0.1) is 11.8 Å². The molecule has 47 heavy (non-hydrogen) atoms. The summed E-state index contributed by atoms with van der Waals surface area (Å²) < 4.78 is 0. The summed E-state index contributed by atoms with van der Waals surface area (Å²) in [6.45, 7) is 1.73. The van der Waals surface area contributed by atoms with Crippen molar-refractivity contribution in [3.63, 3.8) is 0 Å². The van der Waals surface area contributed by atoms with Crippen molar-refractivity contribution in [2.45, 2.75) is 23.5 Å². The number of hydrogen-bond acceptors (Lipinski definition) is 8. The third-order valence-corrected chi connectivity index (χ3v) is 7.89. The fraction of sp³-hybridized carbons (Fsp3) is 0.0882. The third-order valence-electron chi connectivity index (χ3n) is 6.78. The van der Waals surface area contributed by atoms with Crippen LogP contribution in [0.4, 0.5) is 17.1 Å². The Morgan fingerprint density at radius 2 is 1.53 bits per heavy atom. The van der Waals surface area contributed by atoms with Crippen LogP contribution in [0.5, 0.6) is 0 Å². The van der Waals surface area contributed by atoms with Gasteiger partial charge in [-0.05, 0) is 79.2 Å². The number of nitro benzene ring substituents is 1. The van der Waals surface area contributed by atoms with Crippen molar-refractivity contribution in [2.75, 3.05) is 10.3 Å². The minimum Gasteiger partial charge on any atom is -0.321 e. The lowest BCUT2D eigenvalue weighted by Crippen LogP contribution is -2.35. The monoisotopic (exact) mass is 648 g/mol. The number of carbonyl (C=O) groups is 4. The molecule has 13 heteroatoms. The van der Waals surface area contributed by atoms with E-state index in [4.69, 9.17) is 0 Å². The van der Waals surface area contributed by atoms with Crippen molar-refractivity contribution in [1.82, 2.24) is 10.6 Å². The lowest BCUT2D eigenvalue weighted by Gasteiger charge is -2.13. The summed E-state index contributed by atoms with van der Waals surface area (Å²) >= 11 is 1.28. The van der Waals surface area contributed by atoms with Crippen LogP contribution in [-0.4, -0.2) is 39.6 Å². The van der Waals surface area contributed by atoms with Crippen LogP contribution in [-0.2, 0) is 14.4 Å². The number of amides is 4. The topological polar surface area (TPSA) is 163 Å². The Balaban J connectivity index is 1.22. The second-order valence-corrected chi connectivity index (χ2v) is 11.6. The van der Waals surface area contributed by atoms with E-state index in [0.717, 1.165) is 4.90 Å². The van der Waals surface area contributed by atoms with Crippen molar-refractivity contribution in [3.8, 4) is 0 Å². The number of nitro groups is 1. The Bertz CT molecular complexity index is 1860. The Hall–Kier alpha value is -6.08. The Labute approximate surface area is 273 Å². The fourth-order valence-electron chi connectivity index (χ4n) is 4.39. The van der Waals surface area contributed by atoms with Crippen LogP contribution in [0.1, 0.15) is 29.3 Å². The molecule has 12 nitrogen and oxygen atoms in total. The first-order valence-corrected chi connectivity index (χ1v) is 15.2. The van der Waals surface area contributed by atoms with Crippen molar-refractivity contribution >= 4 is 64.4 Å². The first-order valence-electron chi connectivity index (χ1n) is 14.3. The van der Waals surface area contributed by atoms with Gasteiger partial charge in [-0.3, -0.25) is 29.3 Å². The first kappa shape index (κ1) is 32.3. The van der Waals surface area contributed by atoms with Crippen molar-refractivity contribution in [2.24, 2.45) is 5.10 Å². The van der Waals surface area contributed by atoms with Crippen LogP contribution >= 0.6 is 11.8 Å². The number of amidine groups is 1. The van der Waals surface area contributed by atoms with Crippen molar-refractivity contribution < 1.29 is 24.1 Å². The SMILES string of the molecule is CC(Sc1ccc(NC(=O)/C(=C/c2ccc([N+](=O)[O-])cc2)NC(=O)c2ccccc2)cc1)C(=O)NC1=NN(c2ccccc2)C(=O)C1. The largest absolute Gasteiger partial charge is 0.321 e. The molecule has 1 heterocycles. The van der Waals surface area contributed by atoms with Crippen molar-refractivity contribution in [3.05, 3.63) is 136 Å². The number of rotatable bonds is 10. The summed E-state index contributed by atoms with van der Waals surface area (Å²) in [6, 6.07) is 29.6. The minimum absolute atomic E-state index is 0.0150. The highest BCUT2D eigenvalue weighted by atomic mass is 32.2. The van der Waals surface area contributed by atoms with Crippen LogP contribution in [0.15, 0.2) is 125 Å². The number of non-ortho nitro benzene ring substituents is 1. The van der Waals surface area contributed by atoms with Gasteiger partial charge >= 0.3 is 0 Å². The molecule has 0 fully saturated rings. The number of anilines is 2. The normalized spacial score (nSPS) is 13.4. The van der Waals surface area contributed by atoms with E-state index in [1.54, 1.807) is 85.8 Å². The zero-order valence-corrected chi connectivity index (χ0v) is 25.8. The first-order chi connectivity index (χ1) is 22.7. The molecule has 0 radical (unpaired) electrons. The third kappa shape index (κ3) is 8.55. The number of thioether (sulfide) groups is 1. The lowest BCUT2D eigenvalue weighted by molar-refractivity contribution is -0.384. The van der Waals surface area contributed by atoms with Gasteiger partial charge in [0, 0.05) is 28.3 Å². The molecule has 4 aromatic rings. The highest BCUT2D eigenvalue weighted by molar-refractivity contribution is 8.00. The van der Waals surface area contributed by atoms with E-state index in [1.165, 1.54) is 47.1 Å². The number of nitrogens with zero attached hydrogens (tertiary/aromatic N) is 3. The van der Waals surface area contributed by atoms with Crippen LogP contribution in [0.25, 0.3) is 6.08 Å². The molecule has 1 unspecified atom stereocenters. The maximum atomic E-state index is 13.3. The number of carbonyl (C=O) groups excluding carboxylic acids is 4. The summed E-state index contributed by atoms with van der Waals surface area (Å²) in [6.07, 6.45) is 1.41. The summed E-state index contributed by atoms with van der Waals surface area (Å²) in [7, 11) is 0. The van der Waals surface area contributed by atoms with Gasteiger partial charge in [0.2, 0.25) is 5.91 Å². The molecular weight excluding hydrogens is 620 g/mol. The second kappa shape index (κ2) is 14.8. The van der Waals surface area contributed by atoms with Gasteiger partial charge in [0.05, 0.1) is 22.3 Å². The number of para-hydroxylation sites is 1. The lowest BCUT2D eigenvalue weighted by atomic mass is 10.1. The molecule has 0 saturated heterocycles. The van der Waals surface area contributed by atoms with Gasteiger partial charge in [0.1, 0.15) is 11.5 Å². The number of nitrogens with one attached hydrogen (secondary N) is 3. The summed E-state index contributed by atoms with van der Waals surface area (Å²) in [5, 5.41) is 24.1. The smallest absolute Gasteiger partial charge is 0.272 e. The standard InChI is InChI=1S/C34H28N6O6S/c1-22(32(42)37-30-21-31(41)39(38-30)26-10-6-3-7-11-26)47-28-18-14-25(15-19-28)35-34(44)29(36-33(43)24-8-4-2-5-9-24)20-23-12-16-27(17-13-23)40(45)46/h2-20,22H,21H2,1H3,(H,35,44)(H,36,43)(H,37,38,42)/b29-20-. The molecule has 1 aliphatic rings. The minimum atomic E-state index is -0.614. The molecule has 4 aromatic carbocycles. The number of hydrogen-bond donors (Lipinski definition) is 3. The molecule has 5 rings (SSSR count). The van der Waals surface area contributed by atoms with E-state index < -0.39 is 22.0 Å². The molecule has 0 bridgehead atoms. The molecule has 0 saturated carbocycles. The van der Waals surface area contributed by atoms with Gasteiger partial charge in [-0.2, -0.15) is 10.1 Å². The maximum absolute atomic E-state index is 13.3. The summed E-state index contributed by atoms with van der Waals surface area (Å²) in [5.74, 6) is -1.41. The van der Waals surface area contributed by atoms with E-state index in [9.17, 15) is 29.3 Å². The van der Waals surface area contributed by atoms with Crippen LogP contribution in [0.2, 0.25) is 0 Å². The Morgan fingerprint density at radius 3 is 2.17 bits per heavy atom. The average Bonchev–Trinajstić information content (AvgIpc) is 3.45. The van der Waals surface area contributed by atoms with Crippen LogP contribution in [0.3, 0.4) is 0 Å². The van der Waals surface area contributed by atoms with Gasteiger partial charge in [0.25, 0.3) is 23.4 Å². The second-order valence-electron chi connectivity index (χ2n) is 10.2. The highest BCUT2D eigenvalue weighted by Crippen LogP contribution is 2.26.